The molecule has 0 fully saturated rings. The van der Waals surface area contributed by atoms with Crippen LogP contribution in [0.25, 0.3) is 0 Å². The monoisotopic (exact) mass is 223 g/mol. The van der Waals surface area contributed by atoms with E-state index in [4.69, 9.17) is 0 Å². The van der Waals surface area contributed by atoms with Gasteiger partial charge in [-0.1, -0.05) is 20.3 Å². The van der Waals surface area contributed by atoms with Crippen LogP contribution in [0.5, 0.6) is 0 Å². The Bertz CT molecular complexity index is 293. The van der Waals surface area contributed by atoms with Crippen LogP contribution in [0.3, 0.4) is 0 Å². The molecule has 0 saturated heterocycles. The zero-order valence-electron chi connectivity index (χ0n) is 11.0. The topological polar surface area (TPSA) is 29.9 Å². The molecule has 0 saturated carbocycles. The van der Waals surface area contributed by atoms with Crippen molar-refractivity contribution < 1.29 is 0 Å². The lowest BCUT2D eigenvalue weighted by molar-refractivity contribution is 0.403. The van der Waals surface area contributed by atoms with Crippen molar-refractivity contribution in [3.8, 4) is 0 Å². The van der Waals surface area contributed by atoms with E-state index in [1.807, 2.05) is 6.20 Å². The molecule has 0 aliphatic carbocycles. The van der Waals surface area contributed by atoms with Crippen molar-refractivity contribution in [2.75, 3.05) is 6.54 Å². The van der Waals surface area contributed by atoms with Gasteiger partial charge in [0.25, 0.3) is 0 Å². The lowest BCUT2D eigenvalue weighted by Crippen LogP contribution is -2.31. The Labute approximate surface area is 99.3 Å². The van der Waals surface area contributed by atoms with Gasteiger partial charge in [0.05, 0.1) is 0 Å². The first-order chi connectivity index (χ1) is 7.63. The summed E-state index contributed by atoms with van der Waals surface area (Å²) in [5.41, 5.74) is 0. The van der Waals surface area contributed by atoms with Gasteiger partial charge in [0.15, 0.2) is 0 Å². The Morgan fingerprint density at radius 2 is 2.19 bits per heavy atom. The van der Waals surface area contributed by atoms with Gasteiger partial charge >= 0.3 is 0 Å². The number of aryl methyl sites for hydroxylation is 1. The number of imidazole rings is 1. The van der Waals surface area contributed by atoms with E-state index in [0.29, 0.717) is 12.0 Å². The molecule has 2 unspecified atom stereocenters. The van der Waals surface area contributed by atoms with Crippen LogP contribution in [-0.2, 0) is 6.54 Å². The van der Waals surface area contributed by atoms with Crippen LogP contribution in [-0.4, -0.2) is 22.1 Å². The molecule has 0 bridgehead atoms. The minimum absolute atomic E-state index is 0.635. The second-order valence-electron chi connectivity index (χ2n) is 4.83. The summed E-state index contributed by atoms with van der Waals surface area (Å²) in [5, 5.41) is 3.58. The second-order valence-corrected chi connectivity index (χ2v) is 4.83. The average molecular weight is 223 g/mol. The van der Waals surface area contributed by atoms with Gasteiger partial charge in [-0.05, 0) is 32.7 Å². The lowest BCUT2D eigenvalue weighted by Gasteiger charge is -2.18. The number of nitrogens with one attached hydrogen (secondary N) is 1. The van der Waals surface area contributed by atoms with E-state index in [1.165, 1.54) is 12.8 Å². The highest BCUT2D eigenvalue weighted by Crippen LogP contribution is 2.04. The summed E-state index contributed by atoms with van der Waals surface area (Å²) >= 11 is 0. The molecular weight excluding hydrogens is 198 g/mol. The first-order valence-corrected chi connectivity index (χ1v) is 6.34. The summed E-state index contributed by atoms with van der Waals surface area (Å²) in [6.07, 6.45) is 6.44. The Morgan fingerprint density at radius 3 is 2.75 bits per heavy atom. The Hall–Kier alpha value is -0.830. The first-order valence-electron chi connectivity index (χ1n) is 6.34. The van der Waals surface area contributed by atoms with Gasteiger partial charge in [0.2, 0.25) is 0 Å². The van der Waals surface area contributed by atoms with Crippen LogP contribution < -0.4 is 5.32 Å². The molecule has 92 valence electrons. The van der Waals surface area contributed by atoms with Crippen molar-refractivity contribution >= 4 is 0 Å². The Morgan fingerprint density at radius 1 is 1.44 bits per heavy atom. The van der Waals surface area contributed by atoms with E-state index in [1.54, 1.807) is 0 Å². The Balaban J connectivity index is 2.26. The van der Waals surface area contributed by atoms with Crippen LogP contribution in [0.4, 0.5) is 0 Å². The van der Waals surface area contributed by atoms with Crippen molar-refractivity contribution in [2.45, 2.75) is 53.1 Å². The van der Waals surface area contributed by atoms with E-state index < -0.39 is 0 Å². The summed E-state index contributed by atoms with van der Waals surface area (Å²) in [6, 6.07) is 0.635. The van der Waals surface area contributed by atoms with Crippen LogP contribution in [0.1, 0.15) is 39.4 Å². The summed E-state index contributed by atoms with van der Waals surface area (Å²) in [4.78, 5) is 4.24. The molecule has 3 nitrogen and oxygen atoms in total. The molecule has 1 aromatic heterocycles. The minimum Gasteiger partial charge on any atom is -0.335 e. The van der Waals surface area contributed by atoms with Crippen molar-refractivity contribution in [1.82, 2.24) is 14.9 Å². The number of aromatic nitrogens is 2. The third-order valence-electron chi connectivity index (χ3n) is 2.97. The van der Waals surface area contributed by atoms with Gasteiger partial charge in [-0.3, -0.25) is 0 Å². The minimum atomic E-state index is 0.635. The van der Waals surface area contributed by atoms with Gasteiger partial charge in [-0.15, -0.1) is 0 Å². The second kappa shape index (κ2) is 6.69. The average Bonchev–Trinajstić information content (AvgIpc) is 2.62. The van der Waals surface area contributed by atoms with Crippen LogP contribution in [0.15, 0.2) is 12.4 Å². The summed E-state index contributed by atoms with van der Waals surface area (Å²) in [7, 11) is 0. The molecule has 0 aliphatic heterocycles. The maximum absolute atomic E-state index is 4.24. The molecule has 0 radical (unpaired) electrons. The Kier molecular flexibility index (Phi) is 5.53. The van der Waals surface area contributed by atoms with E-state index in [2.05, 4.69) is 48.8 Å². The molecule has 1 N–H and O–H groups in total. The molecule has 16 heavy (non-hydrogen) atoms. The largest absolute Gasteiger partial charge is 0.335 e. The normalized spacial score (nSPS) is 15.0. The number of hydrogen-bond donors (Lipinski definition) is 1. The molecule has 1 aromatic rings. The molecule has 1 rings (SSSR count). The lowest BCUT2D eigenvalue weighted by atomic mass is 10.1. The van der Waals surface area contributed by atoms with E-state index >= 15 is 0 Å². The molecule has 0 aliphatic rings. The fourth-order valence-corrected chi connectivity index (χ4v) is 1.93. The number of hydrogen-bond acceptors (Lipinski definition) is 2. The highest BCUT2D eigenvalue weighted by Gasteiger charge is 2.06. The number of nitrogens with zero attached hydrogens (tertiary/aromatic N) is 2. The van der Waals surface area contributed by atoms with Crippen LogP contribution in [0.2, 0.25) is 0 Å². The van der Waals surface area contributed by atoms with E-state index in [-0.39, 0.29) is 0 Å². The van der Waals surface area contributed by atoms with Crippen molar-refractivity contribution in [2.24, 2.45) is 5.92 Å². The summed E-state index contributed by atoms with van der Waals surface area (Å²) in [6.45, 7) is 11.0. The zero-order chi connectivity index (χ0) is 12.0. The third-order valence-corrected chi connectivity index (χ3v) is 2.97. The van der Waals surface area contributed by atoms with E-state index in [0.717, 1.165) is 18.9 Å². The molecule has 0 aromatic carbocycles. The molecule has 2 atom stereocenters. The summed E-state index contributed by atoms with van der Waals surface area (Å²) < 4.78 is 2.22. The first kappa shape index (κ1) is 13.2. The molecular formula is C13H25N3. The smallest absolute Gasteiger partial charge is 0.105 e. The van der Waals surface area contributed by atoms with Crippen molar-refractivity contribution in [3.63, 3.8) is 0 Å². The van der Waals surface area contributed by atoms with Gasteiger partial charge < -0.3 is 9.88 Å². The molecule has 0 amide bonds. The zero-order valence-corrected chi connectivity index (χ0v) is 11.0. The van der Waals surface area contributed by atoms with E-state index in [9.17, 15) is 0 Å². The highest BCUT2D eigenvalue weighted by atomic mass is 15.1. The predicted octanol–water partition coefficient (Wildman–Crippen LogP) is 2.61. The molecule has 1 heterocycles. The fraction of sp³-hybridized carbons (Fsp3) is 0.769. The summed E-state index contributed by atoms with van der Waals surface area (Å²) in [5.74, 6) is 1.75. The number of rotatable bonds is 7. The van der Waals surface area contributed by atoms with Gasteiger partial charge in [0, 0.05) is 25.0 Å². The van der Waals surface area contributed by atoms with Gasteiger partial charge in [-0.25, -0.2) is 4.98 Å². The molecule has 3 heteroatoms. The van der Waals surface area contributed by atoms with Crippen LogP contribution in [0, 0.1) is 12.8 Å². The quantitative estimate of drug-likeness (QED) is 0.770. The van der Waals surface area contributed by atoms with Crippen LogP contribution >= 0.6 is 0 Å². The maximum atomic E-state index is 4.24. The molecule has 0 spiro atoms. The maximum Gasteiger partial charge on any atom is 0.105 e. The van der Waals surface area contributed by atoms with Crippen molar-refractivity contribution in [3.05, 3.63) is 18.2 Å². The van der Waals surface area contributed by atoms with Gasteiger partial charge in [0.1, 0.15) is 5.82 Å². The van der Waals surface area contributed by atoms with Gasteiger partial charge in [-0.2, -0.15) is 0 Å². The SMILES string of the molecule is CCCC(C)NCC(C)Cn1ccnc1C. The third kappa shape index (κ3) is 4.35. The standard InChI is InChI=1S/C13H25N3/c1-5-6-12(3)15-9-11(2)10-16-8-7-14-13(16)4/h7-8,11-12,15H,5-6,9-10H2,1-4H3. The predicted molar refractivity (Wildman–Crippen MR) is 68.5 cm³/mol. The fourth-order valence-electron chi connectivity index (χ4n) is 1.93. The highest BCUT2D eigenvalue weighted by molar-refractivity contribution is 4.88. The van der Waals surface area contributed by atoms with Crippen molar-refractivity contribution in [1.29, 1.82) is 0 Å².